The van der Waals surface area contributed by atoms with Gasteiger partial charge in [0.05, 0.1) is 13.2 Å². The van der Waals surface area contributed by atoms with Gasteiger partial charge in [-0.2, -0.15) is 17.4 Å². The van der Waals surface area contributed by atoms with Crippen LogP contribution in [0.5, 0.6) is 0 Å². The SMILES string of the molecule is CCSC(NC(=O)[C@H](Cc1ccccc1)NS(=O)(=O)N1CCOCC1)C(=O)O. The predicted octanol–water partition coefficient (Wildman–Crippen LogP) is 0.0443. The van der Waals surface area contributed by atoms with Gasteiger partial charge >= 0.3 is 5.97 Å². The van der Waals surface area contributed by atoms with Crippen LogP contribution in [0.25, 0.3) is 0 Å². The maximum Gasteiger partial charge on any atom is 0.336 e. The number of thioether (sulfide) groups is 1. The van der Waals surface area contributed by atoms with Crippen molar-refractivity contribution in [3.8, 4) is 0 Å². The highest BCUT2D eigenvalue weighted by molar-refractivity contribution is 8.00. The van der Waals surface area contributed by atoms with Crippen molar-refractivity contribution in [1.29, 1.82) is 0 Å². The van der Waals surface area contributed by atoms with Gasteiger partial charge in [-0.3, -0.25) is 4.79 Å². The quantitative estimate of drug-likeness (QED) is 0.447. The molecule has 0 aromatic heterocycles. The zero-order valence-electron chi connectivity index (χ0n) is 15.5. The number of carbonyl (C=O) groups excluding carboxylic acids is 1. The van der Waals surface area contributed by atoms with Crippen molar-refractivity contribution in [2.75, 3.05) is 32.1 Å². The molecule has 0 radical (unpaired) electrons. The van der Waals surface area contributed by atoms with Crippen molar-refractivity contribution in [2.45, 2.75) is 24.8 Å². The zero-order valence-corrected chi connectivity index (χ0v) is 17.2. The highest BCUT2D eigenvalue weighted by Gasteiger charge is 2.32. The number of aliphatic carboxylic acids is 1. The van der Waals surface area contributed by atoms with Crippen LogP contribution in [0.1, 0.15) is 12.5 Å². The average Bonchev–Trinajstić information content (AvgIpc) is 2.68. The molecule has 0 aliphatic carbocycles. The first kappa shape index (κ1) is 22.6. The first-order valence-corrected chi connectivity index (χ1v) is 11.4. The fourth-order valence-electron chi connectivity index (χ4n) is 2.65. The standard InChI is InChI=1S/C17H25N3O6S2/c1-2-27-16(17(22)23)18-15(21)14(12-13-6-4-3-5-7-13)19-28(24,25)20-8-10-26-11-9-20/h3-7,14,16,19H,2,8-12H2,1H3,(H,18,21)(H,22,23)/t14-,16?/m0/s1. The Balaban J connectivity index is 2.18. The second kappa shape index (κ2) is 10.8. The molecule has 9 nitrogen and oxygen atoms in total. The van der Waals surface area contributed by atoms with Gasteiger partial charge in [-0.15, -0.1) is 11.8 Å². The molecule has 1 saturated heterocycles. The maximum atomic E-state index is 12.7. The van der Waals surface area contributed by atoms with Crippen LogP contribution in [0.4, 0.5) is 0 Å². The number of amides is 1. The summed E-state index contributed by atoms with van der Waals surface area (Å²) in [5.41, 5.74) is 0.752. The van der Waals surface area contributed by atoms with Crippen LogP contribution in [0.2, 0.25) is 0 Å². The zero-order chi connectivity index (χ0) is 20.6. The number of morpholine rings is 1. The Kier molecular flexibility index (Phi) is 8.70. The van der Waals surface area contributed by atoms with Gasteiger partial charge in [0.15, 0.2) is 5.37 Å². The highest BCUT2D eigenvalue weighted by atomic mass is 32.2. The lowest BCUT2D eigenvalue weighted by molar-refractivity contribution is -0.139. The summed E-state index contributed by atoms with van der Waals surface area (Å²) < 4.78 is 34.2. The van der Waals surface area contributed by atoms with Gasteiger partial charge in [0.25, 0.3) is 10.2 Å². The molecule has 1 aromatic carbocycles. The number of ether oxygens (including phenoxy) is 1. The number of hydrogen-bond acceptors (Lipinski definition) is 6. The van der Waals surface area contributed by atoms with Gasteiger partial charge in [-0.1, -0.05) is 37.3 Å². The van der Waals surface area contributed by atoms with Crippen LogP contribution in [0.15, 0.2) is 30.3 Å². The van der Waals surface area contributed by atoms with E-state index in [2.05, 4.69) is 10.0 Å². The Hall–Kier alpha value is -1.66. The number of carboxylic acids is 1. The molecule has 1 amide bonds. The number of carboxylic acid groups (broad SMARTS) is 1. The number of rotatable bonds is 10. The van der Waals surface area contributed by atoms with Crippen LogP contribution in [-0.4, -0.2) is 73.2 Å². The second-order valence-corrected chi connectivity index (χ2v) is 9.14. The summed E-state index contributed by atoms with van der Waals surface area (Å²) in [6.07, 6.45) is 0.0966. The summed E-state index contributed by atoms with van der Waals surface area (Å²) in [7, 11) is -3.93. The number of hydrogen-bond donors (Lipinski definition) is 3. The van der Waals surface area contributed by atoms with E-state index in [0.717, 1.165) is 17.3 Å². The smallest absolute Gasteiger partial charge is 0.336 e. The van der Waals surface area contributed by atoms with Gasteiger partial charge < -0.3 is 15.2 Å². The molecule has 2 atom stereocenters. The number of carbonyl (C=O) groups is 2. The molecule has 2 rings (SSSR count). The van der Waals surface area contributed by atoms with Crippen LogP contribution in [0, 0.1) is 0 Å². The van der Waals surface area contributed by atoms with E-state index >= 15 is 0 Å². The molecular formula is C17H25N3O6S2. The van der Waals surface area contributed by atoms with E-state index < -0.39 is 33.5 Å². The van der Waals surface area contributed by atoms with E-state index in [1.54, 1.807) is 31.2 Å². The lowest BCUT2D eigenvalue weighted by Gasteiger charge is -2.28. The molecule has 3 N–H and O–H groups in total. The molecule has 0 saturated carbocycles. The van der Waals surface area contributed by atoms with Crippen molar-refractivity contribution in [2.24, 2.45) is 0 Å². The molecule has 11 heteroatoms. The Morgan fingerprint density at radius 2 is 1.89 bits per heavy atom. The minimum absolute atomic E-state index is 0.0966. The molecule has 1 aromatic rings. The molecular weight excluding hydrogens is 406 g/mol. The van der Waals surface area contributed by atoms with Gasteiger partial charge in [0, 0.05) is 13.1 Å². The Morgan fingerprint density at radius 3 is 2.46 bits per heavy atom. The normalized spacial score (nSPS) is 17.6. The lowest BCUT2D eigenvalue weighted by atomic mass is 10.1. The van der Waals surface area contributed by atoms with Crippen LogP contribution in [0.3, 0.4) is 0 Å². The maximum absolute atomic E-state index is 12.7. The van der Waals surface area contributed by atoms with Gasteiger partial charge in [0.1, 0.15) is 6.04 Å². The van der Waals surface area contributed by atoms with E-state index in [4.69, 9.17) is 4.74 Å². The van der Waals surface area contributed by atoms with E-state index in [9.17, 15) is 23.1 Å². The molecule has 1 fully saturated rings. The lowest BCUT2D eigenvalue weighted by Crippen LogP contribution is -2.56. The predicted molar refractivity (Wildman–Crippen MR) is 106 cm³/mol. The van der Waals surface area contributed by atoms with Crippen LogP contribution >= 0.6 is 11.8 Å². The van der Waals surface area contributed by atoms with Crippen LogP contribution in [-0.2, 0) is 31.0 Å². The molecule has 28 heavy (non-hydrogen) atoms. The molecule has 156 valence electrons. The summed E-state index contributed by atoms with van der Waals surface area (Å²) >= 11 is 1.05. The summed E-state index contributed by atoms with van der Waals surface area (Å²) in [4.78, 5) is 24.1. The molecule has 0 spiro atoms. The monoisotopic (exact) mass is 431 g/mol. The summed E-state index contributed by atoms with van der Waals surface area (Å²) in [6, 6.07) is 7.79. The highest BCUT2D eigenvalue weighted by Crippen LogP contribution is 2.11. The van der Waals surface area contributed by atoms with Crippen molar-refractivity contribution in [1.82, 2.24) is 14.3 Å². The topological polar surface area (TPSA) is 125 Å². The van der Waals surface area contributed by atoms with E-state index in [1.165, 1.54) is 4.31 Å². The average molecular weight is 432 g/mol. The van der Waals surface area contributed by atoms with Gasteiger partial charge in [-0.05, 0) is 17.7 Å². The van der Waals surface area contributed by atoms with Crippen LogP contribution < -0.4 is 10.0 Å². The van der Waals surface area contributed by atoms with E-state index in [1.807, 2.05) is 6.07 Å². The number of nitrogens with zero attached hydrogens (tertiary/aromatic N) is 1. The number of benzene rings is 1. The van der Waals surface area contributed by atoms with Crippen molar-refractivity contribution < 1.29 is 27.9 Å². The fourth-order valence-corrected chi connectivity index (χ4v) is 4.65. The molecule has 1 unspecified atom stereocenters. The molecule has 1 aliphatic rings. The Morgan fingerprint density at radius 1 is 1.25 bits per heavy atom. The first-order valence-electron chi connectivity index (χ1n) is 8.87. The minimum Gasteiger partial charge on any atom is -0.479 e. The van der Waals surface area contributed by atoms with E-state index in [-0.39, 0.29) is 32.7 Å². The van der Waals surface area contributed by atoms with E-state index in [0.29, 0.717) is 5.75 Å². The largest absolute Gasteiger partial charge is 0.479 e. The molecule has 0 bridgehead atoms. The van der Waals surface area contributed by atoms with Gasteiger partial charge in [0.2, 0.25) is 5.91 Å². The Labute approximate surface area is 169 Å². The van der Waals surface area contributed by atoms with Crippen molar-refractivity contribution in [3.63, 3.8) is 0 Å². The third-order valence-electron chi connectivity index (χ3n) is 4.03. The summed E-state index contributed by atoms with van der Waals surface area (Å²) in [5, 5.41) is 10.5. The molecule has 1 aliphatic heterocycles. The summed E-state index contributed by atoms with van der Waals surface area (Å²) in [5.74, 6) is -1.39. The summed E-state index contributed by atoms with van der Waals surface area (Å²) in [6.45, 7) is 2.72. The van der Waals surface area contributed by atoms with Crippen molar-refractivity contribution in [3.05, 3.63) is 35.9 Å². The minimum atomic E-state index is -3.93. The third-order valence-corrected chi connectivity index (χ3v) is 6.64. The van der Waals surface area contributed by atoms with Crippen molar-refractivity contribution >= 4 is 33.8 Å². The third kappa shape index (κ3) is 6.74. The second-order valence-electron chi connectivity index (χ2n) is 6.06. The first-order chi connectivity index (χ1) is 13.3. The molecule has 1 heterocycles. The number of nitrogens with one attached hydrogen (secondary N) is 2. The Bertz CT molecular complexity index is 753. The van der Waals surface area contributed by atoms with Gasteiger partial charge in [-0.25, -0.2) is 4.79 Å². The fraction of sp³-hybridized carbons (Fsp3) is 0.529.